The molecule has 0 saturated heterocycles. The van der Waals surface area contributed by atoms with E-state index in [9.17, 15) is 9.59 Å². The predicted molar refractivity (Wildman–Crippen MR) is 114 cm³/mol. The largest absolute Gasteiger partial charge is 0.370 e. The van der Waals surface area contributed by atoms with Gasteiger partial charge in [0.25, 0.3) is 0 Å². The lowest BCUT2D eigenvalue weighted by Gasteiger charge is -2.19. The molecule has 0 bridgehead atoms. The molecule has 2 atom stereocenters. The van der Waals surface area contributed by atoms with Gasteiger partial charge in [-0.2, -0.15) is 0 Å². The number of aromatic nitrogens is 3. The highest BCUT2D eigenvalue weighted by atomic mass is 35.5. The molecule has 10 heteroatoms. The van der Waals surface area contributed by atoms with Gasteiger partial charge >= 0.3 is 0 Å². The van der Waals surface area contributed by atoms with Crippen LogP contribution in [-0.4, -0.2) is 31.8 Å². The third-order valence-electron chi connectivity index (χ3n) is 4.68. The van der Waals surface area contributed by atoms with Gasteiger partial charge < -0.3 is 15.6 Å². The lowest BCUT2D eigenvalue weighted by molar-refractivity contribution is -0.121. The monoisotopic (exact) mass is 455 g/mol. The van der Waals surface area contributed by atoms with Crippen LogP contribution in [0.5, 0.6) is 0 Å². The third-order valence-corrected chi connectivity index (χ3v) is 6.30. The number of primary amides is 1. The van der Waals surface area contributed by atoms with Crippen LogP contribution < -0.4 is 11.1 Å². The van der Waals surface area contributed by atoms with E-state index >= 15 is 0 Å². The number of hydrogen-bond acceptors (Lipinski definition) is 5. The SMILES string of the molecule is C[C@@H](Sc1nnc(CCC(N)=O)n1C1CC1)C(=O)N[C@H](C)c1ccc(Cl)cc1Cl. The molecule has 2 amide bonds. The first-order valence-electron chi connectivity index (χ1n) is 9.40. The van der Waals surface area contributed by atoms with Crippen molar-refractivity contribution >= 4 is 46.8 Å². The van der Waals surface area contributed by atoms with Crippen molar-refractivity contribution in [1.82, 2.24) is 20.1 Å². The van der Waals surface area contributed by atoms with Crippen LogP contribution >= 0.6 is 35.0 Å². The molecule has 0 aliphatic heterocycles. The molecule has 0 unspecified atom stereocenters. The van der Waals surface area contributed by atoms with Crippen molar-refractivity contribution in [1.29, 1.82) is 0 Å². The van der Waals surface area contributed by atoms with E-state index in [1.807, 2.05) is 24.5 Å². The fraction of sp³-hybridized carbons (Fsp3) is 0.474. The fourth-order valence-corrected chi connectivity index (χ4v) is 4.48. The number of rotatable bonds is 9. The Morgan fingerprint density at radius 3 is 2.66 bits per heavy atom. The fourth-order valence-electron chi connectivity index (χ4n) is 2.97. The summed E-state index contributed by atoms with van der Waals surface area (Å²) in [4.78, 5) is 23.8. The topological polar surface area (TPSA) is 103 Å². The maximum atomic E-state index is 12.7. The molecule has 7 nitrogen and oxygen atoms in total. The minimum absolute atomic E-state index is 0.127. The van der Waals surface area contributed by atoms with Gasteiger partial charge in [-0.05, 0) is 44.4 Å². The average Bonchev–Trinajstić information content (AvgIpc) is 3.40. The van der Waals surface area contributed by atoms with Crippen molar-refractivity contribution in [2.24, 2.45) is 5.73 Å². The van der Waals surface area contributed by atoms with Crippen molar-refractivity contribution < 1.29 is 9.59 Å². The summed E-state index contributed by atoms with van der Waals surface area (Å²) >= 11 is 13.5. The van der Waals surface area contributed by atoms with Crippen LogP contribution in [0.15, 0.2) is 23.4 Å². The summed E-state index contributed by atoms with van der Waals surface area (Å²) < 4.78 is 2.04. The predicted octanol–water partition coefficient (Wildman–Crippen LogP) is 3.70. The first-order chi connectivity index (χ1) is 13.8. The molecule has 0 radical (unpaired) electrons. The molecule has 3 N–H and O–H groups in total. The van der Waals surface area contributed by atoms with Gasteiger partial charge in [-0.15, -0.1) is 10.2 Å². The van der Waals surface area contributed by atoms with Crippen molar-refractivity contribution in [2.45, 2.75) is 62.0 Å². The molecule has 1 saturated carbocycles. The highest BCUT2D eigenvalue weighted by molar-refractivity contribution is 8.00. The van der Waals surface area contributed by atoms with Crippen molar-refractivity contribution in [3.05, 3.63) is 39.6 Å². The molecule has 2 aromatic rings. The van der Waals surface area contributed by atoms with Gasteiger partial charge in [0.2, 0.25) is 11.8 Å². The molecular formula is C19H23Cl2N5O2S. The zero-order valence-corrected chi connectivity index (χ0v) is 18.5. The number of nitrogens with two attached hydrogens (primary N) is 1. The number of amides is 2. The quantitative estimate of drug-likeness (QED) is 0.561. The van der Waals surface area contributed by atoms with Crippen LogP contribution in [0.25, 0.3) is 0 Å². The van der Waals surface area contributed by atoms with Crippen molar-refractivity contribution in [3.8, 4) is 0 Å². The minimum atomic E-state index is -0.380. The number of nitrogens with zero attached hydrogens (tertiary/aromatic N) is 3. The summed E-state index contributed by atoms with van der Waals surface area (Å²) in [6, 6.07) is 5.28. The van der Waals surface area contributed by atoms with E-state index in [0.717, 1.165) is 24.2 Å². The third kappa shape index (κ3) is 5.65. The van der Waals surface area contributed by atoms with Gasteiger partial charge in [-0.1, -0.05) is 41.0 Å². The number of nitrogens with one attached hydrogen (secondary N) is 1. The molecule has 1 heterocycles. The second-order valence-electron chi connectivity index (χ2n) is 7.12. The Bertz CT molecular complexity index is 916. The summed E-state index contributed by atoms with van der Waals surface area (Å²) in [6.07, 6.45) is 2.76. The van der Waals surface area contributed by atoms with E-state index in [1.54, 1.807) is 12.1 Å². The molecular weight excluding hydrogens is 433 g/mol. The van der Waals surface area contributed by atoms with Gasteiger partial charge in [0, 0.05) is 28.9 Å². The highest BCUT2D eigenvalue weighted by Crippen LogP contribution is 2.39. The molecule has 3 rings (SSSR count). The van der Waals surface area contributed by atoms with Gasteiger partial charge in [0.05, 0.1) is 11.3 Å². The second-order valence-corrected chi connectivity index (χ2v) is 9.27. The van der Waals surface area contributed by atoms with Crippen LogP contribution in [0.2, 0.25) is 10.0 Å². The zero-order chi connectivity index (χ0) is 21.1. The summed E-state index contributed by atoms with van der Waals surface area (Å²) in [5.41, 5.74) is 6.05. The summed E-state index contributed by atoms with van der Waals surface area (Å²) in [6.45, 7) is 3.70. The van der Waals surface area contributed by atoms with Gasteiger partial charge in [0.1, 0.15) is 5.82 Å². The Morgan fingerprint density at radius 1 is 1.31 bits per heavy atom. The summed E-state index contributed by atoms with van der Waals surface area (Å²) in [5, 5.41) is 12.8. The first kappa shape index (κ1) is 21.9. The lowest BCUT2D eigenvalue weighted by Crippen LogP contribution is -2.33. The van der Waals surface area contributed by atoms with Crippen LogP contribution in [0, 0.1) is 0 Å². The van der Waals surface area contributed by atoms with Gasteiger partial charge in [0.15, 0.2) is 5.16 Å². The normalized spacial score (nSPS) is 15.7. The number of carbonyl (C=O) groups excluding carboxylic acids is 2. The van der Waals surface area contributed by atoms with E-state index in [-0.39, 0.29) is 29.5 Å². The van der Waals surface area contributed by atoms with Crippen molar-refractivity contribution in [3.63, 3.8) is 0 Å². The molecule has 156 valence electrons. The molecule has 1 fully saturated rings. The molecule has 1 aromatic carbocycles. The first-order valence-corrected chi connectivity index (χ1v) is 11.0. The van der Waals surface area contributed by atoms with E-state index in [1.165, 1.54) is 11.8 Å². The number of hydrogen-bond donors (Lipinski definition) is 2. The Balaban J connectivity index is 1.65. The van der Waals surface area contributed by atoms with E-state index < -0.39 is 0 Å². The molecule has 29 heavy (non-hydrogen) atoms. The number of benzene rings is 1. The Morgan fingerprint density at radius 2 is 2.03 bits per heavy atom. The second kappa shape index (κ2) is 9.36. The Labute approximate surface area is 183 Å². The van der Waals surface area contributed by atoms with Gasteiger partial charge in [-0.3, -0.25) is 9.59 Å². The Hall–Kier alpha value is -1.77. The highest BCUT2D eigenvalue weighted by Gasteiger charge is 2.31. The maximum absolute atomic E-state index is 12.7. The Kier molecular flexibility index (Phi) is 7.08. The van der Waals surface area contributed by atoms with Gasteiger partial charge in [-0.25, -0.2) is 0 Å². The number of aryl methyl sites for hydroxylation is 1. The maximum Gasteiger partial charge on any atom is 0.233 e. The number of thioether (sulfide) groups is 1. The standard InChI is InChI=1S/C19H23Cl2N5O2S/c1-10(14-6-3-12(20)9-15(14)21)23-18(28)11(2)29-19-25-24-17(8-7-16(22)27)26(19)13-4-5-13/h3,6,9-11,13H,4-5,7-8H2,1-2H3,(H2,22,27)(H,23,28)/t10-,11-/m1/s1. The van der Waals surface area contributed by atoms with Crippen LogP contribution in [0.3, 0.4) is 0 Å². The molecule has 0 spiro atoms. The smallest absolute Gasteiger partial charge is 0.233 e. The van der Waals surface area contributed by atoms with Crippen molar-refractivity contribution in [2.75, 3.05) is 0 Å². The van der Waals surface area contributed by atoms with Crippen LogP contribution in [0.1, 0.15) is 56.6 Å². The number of carbonyl (C=O) groups is 2. The summed E-state index contributed by atoms with van der Waals surface area (Å²) in [7, 11) is 0. The minimum Gasteiger partial charge on any atom is -0.370 e. The molecule has 1 aliphatic carbocycles. The van der Waals surface area contributed by atoms with E-state index in [0.29, 0.717) is 27.7 Å². The summed E-state index contributed by atoms with van der Waals surface area (Å²) in [5.74, 6) is 0.243. The van der Waals surface area contributed by atoms with Crippen LogP contribution in [0.4, 0.5) is 0 Å². The lowest BCUT2D eigenvalue weighted by atomic mass is 10.1. The molecule has 1 aliphatic rings. The zero-order valence-electron chi connectivity index (χ0n) is 16.2. The van der Waals surface area contributed by atoms with E-state index in [4.69, 9.17) is 28.9 Å². The van der Waals surface area contributed by atoms with E-state index in [2.05, 4.69) is 15.5 Å². The average molecular weight is 456 g/mol. The number of halogens is 2. The molecule has 1 aromatic heterocycles. The van der Waals surface area contributed by atoms with Crippen LogP contribution in [-0.2, 0) is 16.0 Å².